The molecule has 0 unspecified atom stereocenters. The summed E-state index contributed by atoms with van der Waals surface area (Å²) in [7, 11) is 0. The van der Waals surface area contributed by atoms with Gasteiger partial charge in [-0.05, 0) is 30.3 Å². The first-order chi connectivity index (χ1) is 13.1. The van der Waals surface area contributed by atoms with Crippen LogP contribution >= 0.6 is 0 Å². The lowest BCUT2D eigenvalue weighted by molar-refractivity contribution is -0.118. The van der Waals surface area contributed by atoms with E-state index >= 15 is 0 Å². The summed E-state index contributed by atoms with van der Waals surface area (Å²) in [6, 6.07) is 11.4. The minimum Gasteiger partial charge on any atom is -0.482 e. The van der Waals surface area contributed by atoms with Gasteiger partial charge in [0, 0.05) is 43.6 Å². The monoisotopic (exact) mass is 370 g/mol. The van der Waals surface area contributed by atoms with Gasteiger partial charge in [-0.3, -0.25) is 4.79 Å². The van der Waals surface area contributed by atoms with Crippen LogP contribution in [-0.4, -0.2) is 49.6 Å². The molecule has 3 amide bonds. The first-order valence-electron chi connectivity index (χ1n) is 8.72. The highest BCUT2D eigenvalue weighted by molar-refractivity contribution is 5.96. The quantitative estimate of drug-likeness (QED) is 0.852. The molecule has 2 heterocycles. The Morgan fingerprint density at radius 1 is 1.11 bits per heavy atom. The van der Waals surface area contributed by atoms with Crippen LogP contribution in [0.4, 0.5) is 26.2 Å². The molecule has 7 nitrogen and oxygen atoms in total. The highest BCUT2D eigenvalue weighted by atomic mass is 19.1. The number of rotatable bonds is 2. The van der Waals surface area contributed by atoms with Gasteiger partial charge in [0.05, 0.1) is 5.69 Å². The van der Waals surface area contributed by atoms with Crippen LogP contribution in [0.5, 0.6) is 5.75 Å². The predicted molar refractivity (Wildman–Crippen MR) is 99.8 cm³/mol. The number of urea groups is 1. The van der Waals surface area contributed by atoms with Crippen molar-refractivity contribution in [3.05, 3.63) is 48.3 Å². The van der Waals surface area contributed by atoms with E-state index in [0.717, 1.165) is 5.69 Å². The number of fused-ring (bicyclic) bond motifs is 1. The van der Waals surface area contributed by atoms with Crippen molar-refractivity contribution >= 4 is 29.0 Å². The molecule has 0 radical (unpaired) electrons. The van der Waals surface area contributed by atoms with Crippen molar-refractivity contribution in [2.75, 3.05) is 48.3 Å². The molecule has 27 heavy (non-hydrogen) atoms. The maximum Gasteiger partial charge on any atom is 0.321 e. The summed E-state index contributed by atoms with van der Waals surface area (Å²) in [5, 5.41) is 5.56. The molecule has 4 rings (SSSR count). The van der Waals surface area contributed by atoms with E-state index in [1.54, 1.807) is 29.2 Å². The molecule has 8 heteroatoms. The van der Waals surface area contributed by atoms with Crippen molar-refractivity contribution in [2.45, 2.75) is 0 Å². The number of nitrogens with zero attached hydrogens (tertiary/aromatic N) is 2. The van der Waals surface area contributed by atoms with Crippen LogP contribution in [0, 0.1) is 5.82 Å². The lowest BCUT2D eigenvalue weighted by atomic mass is 10.2. The molecule has 140 valence electrons. The number of carbonyl (C=O) groups is 2. The Morgan fingerprint density at radius 2 is 1.93 bits per heavy atom. The molecule has 0 atom stereocenters. The molecule has 2 aromatic carbocycles. The first-order valence-corrected chi connectivity index (χ1v) is 8.72. The van der Waals surface area contributed by atoms with Gasteiger partial charge in [0.15, 0.2) is 6.61 Å². The Hall–Kier alpha value is -3.29. The molecule has 0 aromatic heterocycles. The minimum atomic E-state index is -0.265. The number of anilines is 3. The van der Waals surface area contributed by atoms with Crippen molar-refractivity contribution < 1.29 is 18.7 Å². The second-order valence-corrected chi connectivity index (χ2v) is 6.43. The maximum absolute atomic E-state index is 13.4. The third kappa shape index (κ3) is 3.79. The average molecular weight is 370 g/mol. The van der Waals surface area contributed by atoms with Gasteiger partial charge < -0.3 is 25.2 Å². The van der Waals surface area contributed by atoms with E-state index in [2.05, 4.69) is 15.5 Å². The highest BCUT2D eigenvalue weighted by Crippen LogP contribution is 2.30. The van der Waals surface area contributed by atoms with Crippen LogP contribution in [-0.2, 0) is 4.79 Å². The third-order valence-corrected chi connectivity index (χ3v) is 4.61. The van der Waals surface area contributed by atoms with Crippen LogP contribution in [0.1, 0.15) is 0 Å². The molecule has 1 fully saturated rings. The molecule has 0 bridgehead atoms. The van der Waals surface area contributed by atoms with E-state index in [9.17, 15) is 14.0 Å². The number of piperazine rings is 1. The minimum absolute atomic E-state index is 0.0353. The molecule has 1 saturated heterocycles. The molecule has 0 aliphatic carbocycles. The zero-order valence-electron chi connectivity index (χ0n) is 14.6. The van der Waals surface area contributed by atoms with Crippen molar-refractivity contribution in [3.63, 3.8) is 0 Å². The van der Waals surface area contributed by atoms with E-state index in [-0.39, 0.29) is 24.4 Å². The molecule has 2 N–H and O–H groups in total. The Balaban J connectivity index is 1.35. The standard InChI is InChI=1S/C19H19FN4O3/c20-13-2-1-3-15(10-13)23-6-8-24(9-7-23)19(26)21-14-4-5-16-17(11-14)27-12-18(25)22-16/h1-5,10-11H,6-9,12H2,(H,21,26)(H,22,25). The largest absolute Gasteiger partial charge is 0.482 e. The number of hydrogen-bond acceptors (Lipinski definition) is 4. The molecular weight excluding hydrogens is 351 g/mol. The van der Waals surface area contributed by atoms with E-state index in [4.69, 9.17) is 4.74 Å². The number of nitrogens with one attached hydrogen (secondary N) is 2. The summed E-state index contributed by atoms with van der Waals surface area (Å²) >= 11 is 0. The van der Waals surface area contributed by atoms with Crippen LogP contribution < -0.4 is 20.3 Å². The third-order valence-electron chi connectivity index (χ3n) is 4.61. The van der Waals surface area contributed by atoms with E-state index in [1.807, 2.05) is 6.07 Å². The van der Waals surface area contributed by atoms with Gasteiger partial charge in [0.25, 0.3) is 5.91 Å². The van der Waals surface area contributed by atoms with Crippen molar-refractivity contribution in [3.8, 4) is 5.75 Å². The van der Waals surface area contributed by atoms with Gasteiger partial charge in [-0.2, -0.15) is 0 Å². The molecule has 2 aromatic rings. The van der Waals surface area contributed by atoms with Gasteiger partial charge in [-0.1, -0.05) is 6.07 Å². The van der Waals surface area contributed by atoms with Gasteiger partial charge >= 0.3 is 6.03 Å². The molecule has 2 aliphatic rings. The van der Waals surface area contributed by atoms with E-state index in [0.29, 0.717) is 43.3 Å². The molecule has 0 spiro atoms. The van der Waals surface area contributed by atoms with Gasteiger partial charge in [-0.15, -0.1) is 0 Å². The van der Waals surface area contributed by atoms with Gasteiger partial charge in [-0.25, -0.2) is 9.18 Å². The van der Waals surface area contributed by atoms with Gasteiger partial charge in [0.1, 0.15) is 11.6 Å². The molecule has 2 aliphatic heterocycles. The zero-order valence-corrected chi connectivity index (χ0v) is 14.6. The number of halogens is 1. The lowest BCUT2D eigenvalue weighted by Gasteiger charge is -2.36. The number of hydrogen-bond donors (Lipinski definition) is 2. The second kappa shape index (κ2) is 7.14. The van der Waals surface area contributed by atoms with Crippen molar-refractivity contribution in [1.82, 2.24) is 4.90 Å². The summed E-state index contributed by atoms with van der Waals surface area (Å²) < 4.78 is 18.7. The Morgan fingerprint density at radius 3 is 2.70 bits per heavy atom. The highest BCUT2D eigenvalue weighted by Gasteiger charge is 2.22. The Bertz CT molecular complexity index is 881. The number of benzene rings is 2. The number of amides is 3. The fourth-order valence-corrected chi connectivity index (χ4v) is 3.20. The SMILES string of the molecule is O=C1COc2cc(NC(=O)N3CCN(c4cccc(F)c4)CC3)ccc2N1. The zero-order chi connectivity index (χ0) is 18.8. The average Bonchev–Trinajstić information content (AvgIpc) is 2.68. The summed E-state index contributed by atoms with van der Waals surface area (Å²) in [4.78, 5) is 27.6. The van der Waals surface area contributed by atoms with Crippen molar-refractivity contribution in [2.24, 2.45) is 0 Å². The van der Waals surface area contributed by atoms with Crippen LogP contribution in [0.3, 0.4) is 0 Å². The second-order valence-electron chi connectivity index (χ2n) is 6.43. The maximum atomic E-state index is 13.4. The Kier molecular flexibility index (Phi) is 4.53. The van der Waals surface area contributed by atoms with Crippen LogP contribution in [0.15, 0.2) is 42.5 Å². The van der Waals surface area contributed by atoms with E-state index < -0.39 is 0 Å². The number of ether oxygens (including phenoxy) is 1. The topological polar surface area (TPSA) is 73.9 Å². The van der Waals surface area contributed by atoms with Crippen molar-refractivity contribution in [1.29, 1.82) is 0 Å². The molecule has 0 saturated carbocycles. The summed E-state index contributed by atoms with van der Waals surface area (Å²) in [6.45, 7) is 2.32. The number of carbonyl (C=O) groups excluding carboxylic acids is 2. The summed E-state index contributed by atoms with van der Waals surface area (Å²) in [6.07, 6.45) is 0. The normalized spacial score (nSPS) is 16.3. The van der Waals surface area contributed by atoms with Gasteiger partial charge in [0.2, 0.25) is 0 Å². The lowest BCUT2D eigenvalue weighted by Crippen LogP contribution is -2.50. The summed E-state index contributed by atoms with van der Waals surface area (Å²) in [5.74, 6) is 0.0669. The first kappa shape index (κ1) is 17.1. The van der Waals surface area contributed by atoms with Crippen LogP contribution in [0.2, 0.25) is 0 Å². The van der Waals surface area contributed by atoms with E-state index in [1.165, 1.54) is 12.1 Å². The fraction of sp³-hybridized carbons (Fsp3) is 0.263. The predicted octanol–water partition coefficient (Wildman–Crippen LogP) is 2.51. The van der Waals surface area contributed by atoms with Crippen LogP contribution in [0.25, 0.3) is 0 Å². The Labute approximate surface area is 155 Å². The summed E-state index contributed by atoms with van der Waals surface area (Å²) in [5.41, 5.74) is 2.01. The molecular formula is C19H19FN4O3. The smallest absolute Gasteiger partial charge is 0.321 e. The fourth-order valence-electron chi connectivity index (χ4n) is 3.20.